The van der Waals surface area contributed by atoms with Gasteiger partial charge in [0.1, 0.15) is 5.76 Å². The lowest BCUT2D eigenvalue weighted by atomic mass is 10.1. The van der Waals surface area contributed by atoms with Crippen LogP contribution < -0.4 is 5.32 Å². The molecule has 0 atom stereocenters. The van der Waals surface area contributed by atoms with E-state index in [4.69, 9.17) is 22.1 Å². The van der Waals surface area contributed by atoms with Gasteiger partial charge in [0.05, 0.1) is 6.54 Å². The standard InChI is InChI=1S/C11H13ClN2O/c1-7(15)6-14-11-5-9(12)3-4-10(11)8(2)13/h3-5,13-15H,1,6H2,2H3. The Morgan fingerprint density at radius 3 is 2.80 bits per heavy atom. The summed E-state index contributed by atoms with van der Waals surface area (Å²) in [5.74, 6) is 0.0450. The van der Waals surface area contributed by atoms with Crippen LogP contribution in [0.5, 0.6) is 0 Å². The van der Waals surface area contributed by atoms with Crippen LogP contribution in [0.25, 0.3) is 0 Å². The summed E-state index contributed by atoms with van der Waals surface area (Å²) in [4.78, 5) is 0. The molecule has 3 nitrogen and oxygen atoms in total. The number of halogens is 1. The Balaban J connectivity index is 2.96. The van der Waals surface area contributed by atoms with Crippen molar-refractivity contribution in [2.45, 2.75) is 6.92 Å². The molecule has 0 spiro atoms. The first-order chi connectivity index (χ1) is 7.00. The van der Waals surface area contributed by atoms with Crippen LogP contribution in [-0.2, 0) is 0 Å². The molecule has 0 aliphatic rings. The van der Waals surface area contributed by atoms with Crippen molar-refractivity contribution in [1.29, 1.82) is 5.41 Å². The van der Waals surface area contributed by atoms with Crippen molar-refractivity contribution >= 4 is 23.0 Å². The Kier molecular flexibility index (Phi) is 3.74. The number of hydrogen-bond acceptors (Lipinski definition) is 3. The molecule has 0 amide bonds. The lowest BCUT2D eigenvalue weighted by Crippen LogP contribution is -2.07. The van der Waals surface area contributed by atoms with Crippen molar-refractivity contribution < 1.29 is 5.11 Å². The van der Waals surface area contributed by atoms with Gasteiger partial charge in [-0.05, 0) is 25.1 Å². The Labute approximate surface area is 93.9 Å². The maximum Gasteiger partial charge on any atom is 0.104 e. The summed E-state index contributed by atoms with van der Waals surface area (Å²) in [5, 5.41) is 20.1. The van der Waals surface area contributed by atoms with Gasteiger partial charge in [0, 0.05) is 22.0 Å². The summed E-state index contributed by atoms with van der Waals surface area (Å²) in [7, 11) is 0. The van der Waals surface area contributed by atoms with Crippen LogP contribution in [0.1, 0.15) is 12.5 Å². The largest absolute Gasteiger partial charge is 0.511 e. The SMILES string of the molecule is C=C(O)CNc1cc(Cl)ccc1C(C)=N. The second-order valence-electron chi connectivity index (χ2n) is 3.23. The van der Waals surface area contributed by atoms with E-state index >= 15 is 0 Å². The number of aliphatic hydroxyl groups excluding tert-OH is 1. The van der Waals surface area contributed by atoms with E-state index in [-0.39, 0.29) is 12.3 Å². The Morgan fingerprint density at radius 2 is 2.27 bits per heavy atom. The van der Waals surface area contributed by atoms with Crippen molar-refractivity contribution in [2.24, 2.45) is 0 Å². The van der Waals surface area contributed by atoms with Crippen LogP contribution in [-0.4, -0.2) is 17.4 Å². The Morgan fingerprint density at radius 1 is 1.60 bits per heavy atom. The minimum Gasteiger partial charge on any atom is -0.511 e. The number of rotatable bonds is 4. The monoisotopic (exact) mass is 224 g/mol. The minimum absolute atomic E-state index is 0.0450. The average Bonchev–Trinajstić information content (AvgIpc) is 2.14. The minimum atomic E-state index is 0.0450. The lowest BCUT2D eigenvalue weighted by molar-refractivity contribution is 0.410. The van der Waals surface area contributed by atoms with Gasteiger partial charge in [-0.3, -0.25) is 0 Å². The first-order valence-corrected chi connectivity index (χ1v) is 4.84. The van der Waals surface area contributed by atoms with Crippen molar-refractivity contribution in [3.63, 3.8) is 0 Å². The van der Waals surface area contributed by atoms with Crippen LogP contribution in [0.3, 0.4) is 0 Å². The van der Waals surface area contributed by atoms with E-state index in [2.05, 4.69) is 11.9 Å². The average molecular weight is 225 g/mol. The quantitative estimate of drug-likeness (QED) is 0.543. The van der Waals surface area contributed by atoms with Crippen molar-refractivity contribution in [3.05, 3.63) is 41.1 Å². The Bertz CT molecular complexity index is 402. The molecule has 0 radical (unpaired) electrons. The van der Waals surface area contributed by atoms with Gasteiger partial charge in [0.25, 0.3) is 0 Å². The molecule has 1 aromatic carbocycles. The normalized spacial score (nSPS) is 9.73. The molecule has 4 heteroatoms. The first-order valence-electron chi connectivity index (χ1n) is 4.46. The molecule has 15 heavy (non-hydrogen) atoms. The molecular formula is C11H13ClN2O. The van der Waals surface area contributed by atoms with E-state index in [1.807, 2.05) is 0 Å². The summed E-state index contributed by atoms with van der Waals surface area (Å²) in [6.07, 6.45) is 0. The van der Waals surface area contributed by atoms with Gasteiger partial charge in [-0.1, -0.05) is 18.2 Å². The number of benzene rings is 1. The molecule has 0 aliphatic carbocycles. The van der Waals surface area contributed by atoms with Gasteiger partial charge in [0.2, 0.25) is 0 Å². The molecule has 3 N–H and O–H groups in total. The van der Waals surface area contributed by atoms with Crippen molar-refractivity contribution in [2.75, 3.05) is 11.9 Å². The highest BCUT2D eigenvalue weighted by molar-refractivity contribution is 6.31. The lowest BCUT2D eigenvalue weighted by Gasteiger charge is -2.11. The summed E-state index contributed by atoms with van der Waals surface area (Å²) < 4.78 is 0. The number of anilines is 1. The number of nitrogens with one attached hydrogen (secondary N) is 2. The molecule has 80 valence electrons. The molecule has 0 heterocycles. The third-order valence-electron chi connectivity index (χ3n) is 1.87. The predicted octanol–water partition coefficient (Wildman–Crippen LogP) is 3.21. The Hall–Kier alpha value is -1.48. The van der Waals surface area contributed by atoms with E-state index in [9.17, 15) is 0 Å². The van der Waals surface area contributed by atoms with Gasteiger partial charge in [-0.15, -0.1) is 0 Å². The van der Waals surface area contributed by atoms with E-state index in [0.29, 0.717) is 10.7 Å². The molecule has 0 saturated carbocycles. The number of hydrogen-bond donors (Lipinski definition) is 3. The molecule has 0 fully saturated rings. The zero-order valence-electron chi connectivity index (χ0n) is 8.47. The van der Waals surface area contributed by atoms with Crippen LogP contribution in [0.15, 0.2) is 30.5 Å². The van der Waals surface area contributed by atoms with Gasteiger partial charge in [-0.2, -0.15) is 0 Å². The van der Waals surface area contributed by atoms with Gasteiger partial charge in [-0.25, -0.2) is 0 Å². The molecule has 0 aromatic heterocycles. The summed E-state index contributed by atoms with van der Waals surface area (Å²) >= 11 is 5.84. The third kappa shape index (κ3) is 3.29. The predicted molar refractivity (Wildman–Crippen MR) is 64.2 cm³/mol. The van der Waals surface area contributed by atoms with Crippen molar-refractivity contribution in [1.82, 2.24) is 0 Å². The third-order valence-corrected chi connectivity index (χ3v) is 2.10. The smallest absolute Gasteiger partial charge is 0.104 e. The van der Waals surface area contributed by atoms with Gasteiger partial charge < -0.3 is 15.8 Å². The summed E-state index contributed by atoms with van der Waals surface area (Å²) in [6.45, 7) is 5.32. The highest BCUT2D eigenvalue weighted by atomic mass is 35.5. The van der Waals surface area contributed by atoms with Gasteiger partial charge in [0.15, 0.2) is 0 Å². The van der Waals surface area contributed by atoms with Crippen LogP contribution in [0, 0.1) is 5.41 Å². The molecule has 1 aromatic rings. The topological polar surface area (TPSA) is 56.1 Å². The van der Waals surface area contributed by atoms with Gasteiger partial charge >= 0.3 is 0 Å². The second kappa shape index (κ2) is 4.84. The summed E-state index contributed by atoms with van der Waals surface area (Å²) in [5.41, 5.74) is 1.93. The highest BCUT2D eigenvalue weighted by Gasteiger charge is 2.05. The fourth-order valence-corrected chi connectivity index (χ4v) is 1.36. The molecule has 1 rings (SSSR count). The maximum absolute atomic E-state index is 8.97. The fraction of sp³-hybridized carbons (Fsp3) is 0.182. The molecule has 0 bridgehead atoms. The highest BCUT2D eigenvalue weighted by Crippen LogP contribution is 2.21. The molecule has 0 unspecified atom stereocenters. The second-order valence-corrected chi connectivity index (χ2v) is 3.67. The van der Waals surface area contributed by atoms with Crippen molar-refractivity contribution in [3.8, 4) is 0 Å². The van der Waals surface area contributed by atoms with E-state index in [1.54, 1.807) is 25.1 Å². The van der Waals surface area contributed by atoms with E-state index in [0.717, 1.165) is 11.3 Å². The molecule has 0 saturated heterocycles. The molecule has 0 aliphatic heterocycles. The van der Waals surface area contributed by atoms with Crippen LogP contribution in [0.4, 0.5) is 5.69 Å². The van der Waals surface area contributed by atoms with E-state index < -0.39 is 0 Å². The fourth-order valence-electron chi connectivity index (χ4n) is 1.19. The first kappa shape index (κ1) is 11.6. The van der Waals surface area contributed by atoms with E-state index in [1.165, 1.54) is 0 Å². The maximum atomic E-state index is 8.97. The zero-order chi connectivity index (χ0) is 11.4. The number of aliphatic hydroxyl groups is 1. The molecular weight excluding hydrogens is 212 g/mol. The van der Waals surface area contributed by atoms with Crippen LogP contribution >= 0.6 is 11.6 Å². The summed E-state index contributed by atoms with van der Waals surface area (Å²) in [6, 6.07) is 5.22. The van der Waals surface area contributed by atoms with Crippen LogP contribution in [0.2, 0.25) is 5.02 Å². The zero-order valence-corrected chi connectivity index (χ0v) is 9.23.